The lowest BCUT2D eigenvalue weighted by Crippen LogP contribution is -2.32. The molecular weight excluding hydrogens is 256 g/mol. The van der Waals surface area contributed by atoms with E-state index < -0.39 is 11.7 Å². The second-order valence-electron chi connectivity index (χ2n) is 5.21. The lowest BCUT2D eigenvalue weighted by atomic mass is 10.2. The minimum atomic E-state index is -0.466. The highest BCUT2D eigenvalue weighted by Gasteiger charge is 2.15. The number of anilines is 1. The van der Waals surface area contributed by atoms with E-state index in [0.29, 0.717) is 18.9 Å². The molecule has 0 spiro atoms. The molecule has 1 heterocycles. The standard InChI is InChI=1S/C14H22N4O2/c1-14(2,3)20-13(19)16-8-6-5-7-11-9-17-12(15-4)18-10-11/h5,7,9-10H,6,8H2,1-4H3,(H,16,19)(H,15,17,18). The summed E-state index contributed by atoms with van der Waals surface area (Å²) in [6.07, 6.45) is 7.65. The van der Waals surface area contributed by atoms with Crippen molar-refractivity contribution in [2.24, 2.45) is 0 Å². The minimum Gasteiger partial charge on any atom is -0.444 e. The van der Waals surface area contributed by atoms with Crippen LogP contribution in [0, 0.1) is 0 Å². The SMILES string of the molecule is CNc1ncc(C=CCCNC(=O)OC(C)(C)C)cn1. The van der Waals surface area contributed by atoms with Gasteiger partial charge in [0.25, 0.3) is 0 Å². The number of carbonyl (C=O) groups excluding carboxylic acids is 1. The summed E-state index contributed by atoms with van der Waals surface area (Å²) in [6, 6.07) is 0. The number of carbonyl (C=O) groups is 1. The predicted molar refractivity (Wildman–Crippen MR) is 79.5 cm³/mol. The zero-order valence-corrected chi connectivity index (χ0v) is 12.4. The largest absolute Gasteiger partial charge is 0.444 e. The fourth-order valence-electron chi connectivity index (χ4n) is 1.34. The van der Waals surface area contributed by atoms with E-state index in [-0.39, 0.29) is 0 Å². The molecule has 0 saturated carbocycles. The Hall–Kier alpha value is -2.11. The Bertz CT molecular complexity index is 449. The molecule has 2 N–H and O–H groups in total. The third kappa shape index (κ3) is 6.72. The van der Waals surface area contributed by atoms with Crippen molar-refractivity contribution in [3.05, 3.63) is 24.0 Å². The number of ether oxygens (including phenoxy) is 1. The van der Waals surface area contributed by atoms with Crippen molar-refractivity contribution in [3.63, 3.8) is 0 Å². The molecule has 1 aromatic rings. The van der Waals surface area contributed by atoms with E-state index in [1.165, 1.54) is 0 Å². The smallest absolute Gasteiger partial charge is 0.407 e. The predicted octanol–water partition coefficient (Wildman–Crippen LogP) is 2.45. The number of hydrogen-bond acceptors (Lipinski definition) is 5. The fourth-order valence-corrected chi connectivity index (χ4v) is 1.34. The van der Waals surface area contributed by atoms with Gasteiger partial charge < -0.3 is 15.4 Å². The van der Waals surface area contributed by atoms with Crippen LogP contribution in [0.5, 0.6) is 0 Å². The van der Waals surface area contributed by atoms with Crippen molar-refractivity contribution in [2.75, 3.05) is 18.9 Å². The van der Waals surface area contributed by atoms with Gasteiger partial charge in [-0.15, -0.1) is 0 Å². The monoisotopic (exact) mass is 278 g/mol. The molecular formula is C14H22N4O2. The van der Waals surface area contributed by atoms with E-state index in [0.717, 1.165) is 5.56 Å². The molecule has 0 fully saturated rings. The van der Waals surface area contributed by atoms with Crippen LogP contribution in [0.4, 0.5) is 10.7 Å². The normalized spacial score (nSPS) is 11.4. The number of nitrogens with one attached hydrogen (secondary N) is 2. The van der Waals surface area contributed by atoms with Crippen molar-refractivity contribution in [1.29, 1.82) is 0 Å². The molecule has 6 nitrogen and oxygen atoms in total. The van der Waals surface area contributed by atoms with E-state index in [1.807, 2.05) is 32.9 Å². The van der Waals surface area contributed by atoms with Crippen LogP contribution < -0.4 is 10.6 Å². The Labute approximate surface area is 119 Å². The van der Waals surface area contributed by atoms with Crippen molar-refractivity contribution < 1.29 is 9.53 Å². The molecule has 1 aromatic heterocycles. The number of rotatable bonds is 5. The maximum atomic E-state index is 11.4. The van der Waals surface area contributed by atoms with Crippen LogP contribution in [0.3, 0.4) is 0 Å². The van der Waals surface area contributed by atoms with E-state index >= 15 is 0 Å². The van der Waals surface area contributed by atoms with E-state index in [9.17, 15) is 4.79 Å². The molecule has 0 aliphatic heterocycles. The summed E-state index contributed by atoms with van der Waals surface area (Å²) >= 11 is 0. The number of hydrogen-bond donors (Lipinski definition) is 2. The zero-order valence-electron chi connectivity index (χ0n) is 12.4. The van der Waals surface area contributed by atoms with Gasteiger partial charge in [0.1, 0.15) is 5.60 Å². The van der Waals surface area contributed by atoms with Crippen LogP contribution in [-0.2, 0) is 4.74 Å². The lowest BCUT2D eigenvalue weighted by molar-refractivity contribution is 0.0529. The number of nitrogens with zero attached hydrogens (tertiary/aromatic N) is 2. The van der Waals surface area contributed by atoms with Gasteiger partial charge in [0.15, 0.2) is 0 Å². The first-order valence-corrected chi connectivity index (χ1v) is 6.54. The summed E-state index contributed by atoms with van der Waals surface area (Å²) in [4.78, 5) is 19.6. The molecule has 1 amide bonds. The molecule has 6 heteroatoms. The topological polar surface area (TPSA) is 76.1 Å². The Morgan fingerprint density at radius 2 is 2.00 bits per heavy atom. The average molecular weight is 278 g/mol. The van der Waals surface area contributed by atoms with Gasteiger partial charge in [-0.1, -0.05) is 12.2 Å². The van der Waals surface area contributed by atoms with Gasteiger partial charge in [0, 0.05) is 31.5 Å². The number of amides is 1. The van der Waals surface area contributed by atoms with Gasteiger partial charge >= 0.3 is 6.09 Å². The van der Waals surface area contributed by atoms with Crippen LogP contribution in [0.2, 0.25) is 0 Å². The second-order valence-corrected chi connectivity index (χ2v) is 5.21. The van der Waals surface area contributed by atoms with Crippen LogP contribution in [-0.4, -0.2) is 35.3 Å². The summed E-state index contributed by atoms with van der Waals surface area (Å²) in [5.74, 6) is 0.591. The van der Waals surface area contributed by atoms with E-state index in [4.69, 9.17) is 4.74 Å². The Balaban J connectivity index is 2.26. The minimum absolute atomic E-state index is 0.396. The average Bonchev–Trinajstić information content (AvgIpc) is 2.37. The summed E-state index contributed by atoms with van der Waals surface area (Å²) in [5.41, 5.74) is 0.452. The summed E-state index contributed by atoms with van der Waals surface area (Å²) < 4.78 is 5.13. The van der Waals surface area contributed by atoms with Gasteiger partial charge in [0.05, 0.1) is 0 Å². The second kappa shape index (κ2) is 7.47. The van der Waals surface area contributed by atoms with Gasteiger partial charge in [-0.25, -0.2) is 14.8 Å². The molecule has 0 aliphatic rings. The molecule has 20 heavy (non-hydrogen) atoms. The van der Waals surface area contributed by atoms with Crippen molar-refractivity contribution in [3.8, 4) is 0 Å². The molecule has 110 valence electrons. The summed E-state index contributed by atoms with van der Waals surface area (Å²) in [5, 5.41) is 5.54. The number of alkyl carbamates (subject to hydrolysis) is 1. The molecule has 0 bridgehead atoms. The zero-order chi connectivity index (χ0) is 15.0. The van der Waals surface area contributed by atoms with Crippen LogP contribution in [0.1, 0.15) is 32.8 Å². The molecule has 0 aromatic carbocycles. The molecule has 0 atom stereocenters. The Kier molecular flexibility index (Phi) is 5.96. The van der Waals surface area contributed by atoms with Gasteiger partial charge in [-0.3, -0.25) is 0 Å². The molecule has 1 rings (SSSR count). The van der Waals surface area contributed by atoms with E-state index in [2.05, 4.69) is 20.6 Å². The first-order chi connectivity index (χ1) is 9.40. The maximum absolute atomic E-state index is 11.4. The van der Waals surface area contributed by atoms with Gasteiger partial charge in [0.2, 0.25) is 5.95 Å². The molecule has 0 saturated heterocycles. The highest BCUT2D eigenvalue weighted by Crippen LogP contribution is 2.06. The van der Waals surface area contributed by atoms with Crippen molar-refractivity contribution >= 4 is 18.1 Å². The highest BCUT2D eigenvalue weighted by molar-refractivity contribution is 5.67. The first kappa shape index (κ1) is 15.9. The third-order valence-electron chi connectivity index (χ3n) is 2.18. The van der Waals surface area contributed by atoms with Crippen LogP contribution in [0.25, 0.3) is 6.08 Å². The Morgan fingerprint density at radius 3 is 2.55 bits per heavy atom. The third-order valence-corrected chi connectivity index (χ3v) is 2.18. The van der Waals surface area contributed by atoms with Crippen LogP contribution >= 0.6 is 0 Å². The van der Waals surface area contributed by atoms with Crippen molar-refractivity contribution in [2.45, 2.75) is 32.8 Å². The molecule has 0 radical (unpaired) electrons. The van der Waals surface area contributed by atoms with Crippen molar-refractivity contribution in [1.82, 2.24) is 15.3 Å². The Morgan fingerprint density at radius 1 is 1.35 bits per heavy atom. The number of aromatic nitrogens is 2. The maximum Gasteiger partial charge on any atom is 0.407 e. The quantitative estimate of drug-likeness (QED) is 0.809. The fraction of sp³-hybridized carbons (Fsp3) is 0.500. The van der Waals surface area contributed by atoms with E-state index in [1.54, 1.807) is 19.4 Å². The van der Waals surface area contributed by atoms with Crippen LogP contribution in [0.15, 0.2) is 18.5 Å². The van der Waals surface area contributed by atoms with Gasteiger partial charge in [-0.2, -0.15) is 0 Å². The lowest BCUT2D eigenvalue weighted by Gasteiger charge is -2.19. The summed E-state index contributed by atoms with van der Waals surface area (Å²) in [7, 11) is 1.77. The molecule has 0 aliphatic carbocycles. The van der Waals surface area contributed by atoms with Gasteiger partial charge in [-0.05, 0) is 27.2 Å². The summed E-state index contributed by atoms with van der Waals surface area (Å²) in [6.45, 7) is 6.03. The highest BCUT2D eigenvalue weighted by atomic mass is 16.6. The molecule has 0 unspecified atom stereocenters. The first-order valence-electron chi connectivity index (χ1n) is 6.54.